The van der Waals surface area contributed by atoms with Gasteiger partial charge in [-0.05, 0) is 76.7 Å². The maximum Gasteiger partial charge on any atom is 0.428 e. The second kappa shape index (κ2) is 12.4. The lowest BCUT2D eigenvalue weighted by Gasteiger charge is -2.28. The Morgan fingerprint density at radius 3 is 2.22 bits per heavy atom. The van der Waals surface area contributed by atoms with Crippen LogP contribution in [0.2, 0.25) is 5.02 Å². The second-order valence-corrected chi connectivity index (χ2v) is 11.5. The normalized spacial score (nSPS) is 11.8. The van der Waals surface area contributed by atoms with Crippen LogP contribution < -0.4 is 9.04 Å². The van der Waals surface area contributed by atoms with Crippen molar-refractivity contribution >= 4 is 39.4 Å². The Kier molecular flexibility index (Phi) is 10.2. The van der Waals surface area contributed by atoms with Crippen LogP contribution in [-0.4, -0.2) is 64.5 Å². The number of methoxy groups -OCH3 is 2. The number of nitrogens with zero attached hydrogens (tertiary/aromatic N) is 2. The molecule has 0 radical (unpaired) electrons. The lowest BCUT2D eigenvalue weighted by Crippen LogP contribution is -2.43. The summed E-state index contributed by atoms with van der Waals surface area (Å²) in [5, 5.41) is 0.181. The number of carbonyl (C=O) groups is 2. The first-order valence-corrected chi connectivity index (χ1v) is 13.2. The van der Waals surface area contributed by atoms with Crippen LogP contribution in [0.25, 0.3) is 0 Å². The second-order valence-electron chi connectivity index (χ2n) is 9.15. The van der Waals surface area contributed by atoms with E-state index in [-0.39, 0.29) is 28.4 Å². The van der Waals surface area contributed by atoms with Gasteiger partial charge in [0.25, 0.3) is 0 Å². The van der Waals surface area contributed by atoms with Gasteiger partial charge in [0.1, 0.15) is 11.4 Å². The first kappa shape index (κ1) is 29.4. The van der Waals surface area contributed by atoms with Gasteiger partial charge in [-0.25, -0.2) is 18.0 Å². The molecule has 9 nitrogen and oxygen atoms in total. The van der Waals surface area contributed by atoms with E-state index < -0.39 is 27.7 Å². The number of rotatable bonds is 10. The monoisotopic (exact) mass is 540 g/mol. The zero-order valence-corrected chi connectivity index (χ0v) is 23.0. The molecule has 2 rings (SSSR count). The average molecular weight is 541 g/mol. The number of ether oxygens (including phenoxy) is 3. The molecule has 0 bridgehead atoms. The van der Waals surface area contributed by atoms with E-state index in [0.29, 0.717) is 17.4 Å². The van der Waals surface area contributed by atoms with E-state index in [4.69, 9.17) is 25.8 Å². The maximum absolute atomic E-state index is 13.4. The van der Waals surface area contributed by atoms with E-state index in [1.165, 1.54) is 18.2 Å². The molecule has 0 heterocycles. The Labute approximate surface area is 217 Å². The zero-order valence-electron chi connectivity index (χ0n) is 21.4. The topological polar surface area (TPSA) is 102 Å². The first-order chi connectivity index (χ1) is 16.8. The van der Waals surface area contributed by atoms with E-state index in [1.807, 2.05) is 36.2 Å². The Bertz CT molecular complexity index is 1160. The maximum atomic E-state index is 13.4. The fourth-order valence-electron chi connectivity index (χ4n) is 3.35. The lowest BCUT2D eigenvalue weighted by atomic mass is 10.2. The molecule has 1 amide bonds. The molecule has 36 heavy (non-hydrogen) atoms. The van der Waals surface area contributed by atoms with Crippen molar-refractivity contribution in [1.82, 2.24) is 4.90 Å². The van der Waals surface area contributed by atoms with Crippen molar-refractivity contribution in [1.29, 1.82) is 0 Å². The molecule has 2 aromatic carbocycles. The number of sulfonamides is 1. The summed E-state index contributed by atoms with van der Waals surface area (Å²) >= 11 is 6.02. The molecule has 0 spiro atoms. The van der Waals surface area contributed by atoms with Gasteiger partial charge in [-0.1, -0.05) is 23.7 Å². The Morgan fingerprint density at radius 1 is 1.03 bits per heavy atom. The van der Waals surface area contributed by atoms with Gasteiger partial charge in [-0.3, -0.25) is 0 Å². The minimum absolute atomic E-state index is 0.170. The van der Waals surface area contributed by atoms with Crippen LogP contribution in [-0.2, 0) is 26.0 Å². The molecule has 0 aliphatic rings. The third kappa shape index (κ3) is 8.39. The summed E-state index contributed by atoms with van der Waals surface area (Å²) in [6.45, 7) is 5.90. The van der Waals surface area contributed by atoms with Crippen molar-refractivity contribution in [3.05, 3.63) is 58.6 Å². The molecule has 0 saturated heterocycles. The molecule has 0 unspecified atom stereocenters. The number of esters is 1. The molecule has 0 aliphatic carbocycles. The van der Waals surface area contributed by atoms with E-state index in [1.54, 1.807) is 27.9 Å². The SMILES string of the molecule is COC(=O)c1cc(Cl)ccc1N(C(=O)OC(C)(C)C)S(=O)(=O)CCCN(C)Cc1ccc(OC)cc1. The predicted molar refractivity (Wildman–Crippen MR) is 139 cm³/mol. The van der Waals surface area contributed by atoms with Crippen LogP contribution in [0.4, 0.5) is 10.5 Å². The number of halogens is 1. The molecule has 0 N–H and O–H groups in total. The fourth-order valence-corrected chi connectivity index (χ4v) is 4.93. The number of hydrogen-bond acceptors (Lipinski definition) is 8. The summed E-state index contributed by atoms with van der Waals surface area (Å²) in [6, 6.07) is 11.5. The number of anilines is 1. The van der Waals surface area contributed by atoms with Gasteiger partial charge in [0.15, 0.2) is 0 Å². The van der Waals surface area contributed by atoms with Crippen LogP contribution in [0.15, 0.2) is 42.5 Å². The van der Waals surface area contributed by atoms with Gasteiger partial charge in [-0.15, -0.1) is 0 Å². The van der Waals surface area contributed by atoms with Gasteiger partial charge in [0, 0.05) is 11.6 Å². The molecule has 11 heteroatoms. The summed E-state index contributed by atoms with van der Waals surface area (Å²) in [5.41, 5.74) is -0.287. The quantitative estimate of drug-likeness (QED) is 0.398. The van der Waals surface area contributed by atoms with Crippen LogP contribution in [0.3, 0.4) is 0 Å². The third-order valence-electron chi connectivity index (χ3n) is 4.97. The van der Waals surface area contributed by atoms with E-state index in [2.05, 4.69) is 0 Å². The highest BCUT2D eigenvalue weighted by molar-refractivity contribution is 7.93. The molecule has 2 aromatic rings. The predicted octanol–water partition coefficient (Wildman–Crippen LogP) is 4.73. The molecule has 198 valence electrons. The van der Waals surface area contributed by atoms with Crippen molar-refractivity contribution < 1.29 is 32.2 Å². The highest BCUT2D eigenvalue weighted by Crippen LogP contribution is 2.29. The minimum Gasteiger partial charge on any atom is -0.497 e. The van der Waals surface area contributed by atoms with Crippen molar-refractivity contribution in [2.24, 2.45) is 0 Å². The van der Waals surface area contributed by atoms with Crippen LogP contribution >= 0.6 is 11.6 Å². The number of carbonyl (C=O) groups excluding carboxylic acids is 2. The zero-order chi connectivity index (χ0) is 27.1. The highest BCUT2D eigenvalue weighted by Gasteiger charge is 2.36. The van der Waals surface area contributed by atoms with Gasteiger partial charge in [-0.2, -0.15) is 4.31 Å². The Morgan fingerprint density at radius 2 is 1.67 bits per heavy atom. The highest BCUT2D eigenvalue weighted by atomic mass is 35.5. The van der Waals surface area contributed by atoms with Crippen molar-refractivity contribution in [2.75, 3.05) is 37.9 Å². The number of hydrogen-bond donors (Lipinski definition) is 0. The van der Waals surface area contributed by atoms with Gasteiger partial charge in [0.2, 0.25) is 10.0 Å². The van der Waals surface area contributed by atoms with Gasteiger partial charge >= 0.3 is 12.1 Å². The lowest BCUT2D eigenvalue weighted by molar-refractivity contribution is 0.0600. The first-order valence-electron chi connectivity index (χ1n) is 11.2. The average Bonchev–Trinajstić information content (AvgIpc) is 2.78. The van der Waals surface area contributed by atoms with E-state index in [9.17, 15) is 18.0 Å². The van der Waals surface area contributed by atoms with Gasteiger partial charge < -0.3 is 19.1 Å². The number of benzene rings is 2. The fraction of sp³-hybridized carbons (Fsp3) is 0.440. The minimum atomic E-state index is -4.24. The molecular formula is C25H33ClN2O7S. The van der Waals surface area contributed by atoms with E-state index >= 15 is 0 Å². The van der Waals surface area contributed by atoms with E-state index in [0.717, 1.165) is 18.4 Å². The summed E-state index contributed by atoms with van der Waals surface area (Å²) in [6.07, 6.45) is -0.892. The van der Waals surface area contributed by atoms with Crippen LogP contribution in [0.1, 0.15) is 43.1 Å². The molecule has 0 aliphatic heterocycles. The largest absolute Gasteiger partial charge is 0.497 e. The third-order valence-corrected chi connectivity index (χ3v) is 6.92. The summed E-state index contributed by atoms with van der Waals surface area (Å²) in [7, 11) is 0.383. The summed E-state index contributed by atoms with van der Waals surface area (Å²) < 4.78 is 42.7. The van der Waals surface area contributed by atoms with Crippen molar-refractivity contribution in [3.63, 3.8) is 0 Å². The molecule has 0 saturated carbocycles. The Hall–Kier alpha value is -2.82. The summed E-state index contributed by atoms with van der Waals surface area (Å²) in [4.78, 5) is 27.4. The van der Waals surface area contributed by atoms with Gasteiger partial charge in [0.05, 0.1) is 31.2 Å². The van der Waals surface area contributed by atoms with Crippen LogP contribution in [0.5, 0.6) is 5.75 Å². The summed E-state index contributed by atoms with van der Waals surface area (Å²) in [5.74, 6) is -0.443. The molecular weight excluding hydrogens is 508 g/mol. The van der Waals surface area contributed by atoms with Crippen molar-refractivity contribution in [2.45, 2.75) is 39.3 Å². The molecule has 0 aromatic heterocycles. The standard InChI is InChI=1S/C25H33ClN2O7S/c1-25(2,3)35-24(30)28(22-13-10-19(26)16-21(22)23(29)34-6)36(31,32)15-7-14-27(4)17-18-8-11-20(33-5)12-9-18/h8-13,16H,7,14-15,17H2,1-6H3. The van der Waals surface area contributed by atoms with Crippen molar-refractivity contribution in [3.8, 4) is 5.75 Å². The Balaban J connectivity index is 2.25. The molecule has 0 fully saturated rings. The number of amides is 1. The van der Waals surface area contributed by atoms with Crippen LogP contribution in [0, 0.1) is 0 Å². The smallest absolute Gasteiger partial charge is 0.428 e. The molecule has 0 atom stereocenters.